The summed E-state index contributed by atoms with van der Waals surface area (Å²) in [5, 5.41) is 3.48. The molecule has 8 nitrogen and oxygen atoms in total. The van der Waals surface area contributed by atoms with Gasteiger partial charge in [0.15, 0.2) is 0 Å². The van der Waals surface area contributed by atoms with Crippen LogP contribution < -0.4 is 5.32 Å². The number of amides is 1. The van der Waals surface area contributed by atoms with Crippen LogP contribution >= 0.6 is 0 Å². The fourth-order valence-electron chi connectivity index (χ4n) is 3.86. The average Bonchev–Trinajstić information content (AvgIpc) is 3.17. The van der Waals surface area contributed by atoms with E-state index in [4.69, 9.17) is 4.74 Å². The van der Waals surface area contributed by atoms with E-state index in [0.717, 1.165) is 24.1 Å². The van der Waals surface area contributed by atoms with Crippen molar-refractivity contribution in [1.82, 2.24) is 13.9 Å². The van der Waals surface area contributed by atoms with E-state index in [-0.39, 0.29) is 17.0 Å². The quantitative estimate of drug-likeness (QED) is 0.608. The van der Waals surface area contributed by atoms with Crippen molar-refractivity contribution in [2.45, 2.75) is 57.1 Å². The molecule has 2 aromatic carbocycles. The van der Waals surface area contributed by atoms with Crippen LogP contribution in [0.4, 0.5) is 10.5 Å². The molecule has 0 unspecified atom stereocenters. The summed E-state index contributed by atoms with van der Waals surface area (Å²) >= 11 is 0. The van der Waals surface area contributed by atoms with Crippen LogP contribution in [-0.2, 0) is 14.8 Å². The van der Waals surface area contributed by atoms with E-state index in [9.17, 15) is 13.2 Å². The van der Waals surface area contributed by atoms with Crippen molar-refractivity contribution in [2.75, 3.05) is 18.4 Å². The van der Waals surface area contributed by atoms with Gasteiger partial charge >= 0.3 is 6.09 Å². The molecule has 1 N–H and O–H groups in total. The zero-order valence-electron chi connectivity index (χ0n) is 19.4. The van der Waals surface area contributed by atoms with Crippen LogP contribution in [0.15, 0.2) is 53.7 Å². The number of aryl methyl sites for hydroxylation is 1. The number of nitrogens with zero attached hydrogens (tertiary/aromatic N) is 3. The number of fused-ring (bicyclic) bond motifs is 1. The molecule has 1 aromatic heterocycles. The number of carbonyl (C=O) groups excluding carboxylic acids is 1. The minimum absolute atomic E-state index is 0.172. The lowest BCUT2D eigenvalue weighted by atomic mass is 10.0. The number of benzene rings is 2. The van der Waals surface area contributed by atoms with Crippen LogP contribution in [0.2, 0.25) is 0 Å². The zero-order chi connectivity index (χ0) is 23.8. The van der Waals surface area contributed by atoms with Gasteiger partial charge < -0.3 is 15.0 Å². The summed E-state index contributed by atoms with van der Waals surface area (Å²) in [6.45, 7) is 8.71. The summed E-state index contributed by atoms with van der Waals surface area (Å²) in [6, 6.07) is 12.5. The van der Waals surface area contributed by atoms with Gasteiger partial charge in [-0.3, -0.25) is 0 Å². The third-order valence-electron chi connectivity index (χ3n) is 5.61. The Morgan fingerprint density at radius 3 is 2.39 bits per heavy atom. The molecule has 3 aromatic rings. The van der Waals surface area contributed by atoms with Gasteiger partial charge in [0.1, 0.15) is 11.9 Å². The van der Waals surface area contributed by atoms with Crippen molar-refractivity contribution >= 4 is 32.8 Å². The summed E-state index contributed by atoms with van der Waals surface area (Å²) in [5.74, 6) is 0. The van der Waals surface area contributed by atoms with Gasteiger partial charge in [-0.2, -0.15) is 0 Å². The number of hydrogen-bond acceptors (Lipinski definition) is 6. The van der Waals surface area contributed by atoms with Crippen molar-refractivity contribution in [1.29, 1.82) is 0 Å². The van der Waals surface area contributed by atoms with E-state index >= 15 is 0 Å². The molecule has 0 bridgehead atoms. The average molecular weight is 471 g/mol. The van der Waals surface area contributed by atoms with Crippen LogP contribution in [0.3, 0.4) is 0 Å². The molecule has 1 saturated heterocycles. The highest BCUT2D eigenvalue weighted by molar-refractivity contribution is 7.90. The molecular formula is C24H30N4O4S. The molecule has 1 aliphatic heterocycles. The molecular weight excluding hydrogens is 440 g/mol. The molecule has 0 radical (unpaired) electrons. The predicted octanol–water partition coefficient (Wildman–Crippen LogP) is 4.39. The van der Waals surface area contributed by atoms with E-state index in [2.05, 4.69) is 10.3 Å². The fourth-order valence-corrected chi connectivity index (χ4v) is 5.14. The molecule has 2 heterocycles. The normalized spacial score (nSPS) is 15.6. The molecule has 0 atom stereocenters. The Morgan fingerprint density at radius 2 is 1.76 bits per heavy atom. The van der Waals surface area contributed by atoms with Crippen molar-refractivity contribution in [3.8, 4) is 0 Å². The first-order valence-electron chi connectivity index (χ1n) is 11.1. The number of hydrogen-bond donors (Lipinski definition) is 1. The SMILES string of the molecule is Cc1ccc(S(=O)(=O)n2cnc3ccc(NC4CCN(C(=O)OC(C)(C)C)CC4)cc32)cc1. The van der Waals surface area contributed by atoms with Gasteiger partial charge in [-0.25, -0.2) is 22.2 Å². The minimum atomic E-state index is -3.75. The Labute approximate surface area is 194 Å². The fraction of sp³-hybridized carbons (Fsp3) is 0.417. The minimum Gasteiger partial charge on any atom is -0.444 e. The maximum absolute atomic E-state index is 13.2. The van der Waals surface area contributed by atoms with Crippen LogP contribution in [0.5, 0.6) is 0 Å². The maximum atomic E-state index is 13.2. The van der Waals surface area contributed by atoms with E-state index in [0.29, 0.717) is 24.1 Å². The maximum Gasteiger partial charge on any atom is 0.410 e. The lowest BCUT2D eigenvalue weighted by molar-refractivity contribution is 0.0210. The van der Waals surface area contributed by atoms with Gasteiger partial charge in [0, 0.05) is 24.8 Å². The first-order chi connectivity index (χ1) is 15.5. The number of aromatic nitrogens is 2. The summed E-state index contributed by atoms with van der Waals surface area (Å²) in [5.41, 5.74) is 2.43. The molecule has 0 aliphatic carbocycles. The molecule has 0 saturated carbocycles. The first-order valence-corrected chi connectivity index (χ1v) is 12.5. The van der Waals surface area contributed by atoms with Gasteiger partial charge in [0.05, 0.1) is 15.9 Å². The van der Waals surface area contributed by atoms with Crippen LogP contribution in [0.1, 0.15) is 39.2 Å². The summed E-state index contributed by atoms with van der Waals surface area (Å²) in [6.07, 6.45) is 2.62. The van der Waals surface area contributed by atoms with Crippen molar-refractivity contribution in [3.63, 3.8) is 0 Å². The van der Waals surface area contributed by atoms with E-state index < -0.39 is 15.6 Å². The number of piperidine rings is 1. The number of carbonyl (C=O) groups is 1. The molecule has 1 fully saturated rings. The van der Waals surface area contributed by atoms with E-state index in [1.165, 1.54) is 10.3 Å². The second kappa shape index (κ2) is 8.70. The Morgan fingerprint density at radius 1 is 1.09 bits per heavy atom. The zero-order valence-corrected chi connectivity index (χ0v) is 20.2. The molecule has 176 valence electrons. The highest BCUT2D eigenvalue weighted by Gasteiger charge is 2.27. The lowest BCUT2D eigenvalue weighted by Gasteiger charge is -2.34. The van der Waals surface area contributed by atoms with Gasteiger partial charge in [-0.05, 0) is 70.9 Å². The number of rotatable bonds is 4. The van der Waals surface area contributed by atoms with Crippen LogP contribution in [-0.4, -0.2) is 53.1 Å². The lowest BCUT2D eigenvalue weighted by Crippen LogP contribution is -2.44. The van der Waals surface area contributed by atoms with Gasteiger partial charge in [0.2, 0.25) is 0 Å². The number of imidazole rings is 1. The summed E-state index contributed by atoms with van der Waals surface area (Å²) < 4.78 is 33.0. The van der Waals surface area contributed by atoms with Crippen LogP contribution in [0, 0.1) is 6.92 Å². The van der Waals surface area contributed by atoms with Gasteiger partial charge in [-0.1, -0.05) is 17.7 Å². The van der Waals surface area contributed by atoms with Gasteiger partial charge in [-0.15, -0.1) is 0 Å². The standard InChI is InChI=1S/C24H30N4O4S/c1-17-5-8-20(9-6-17)33(30,31)28-16-25-21-10-7-19(15-22(21)28)26-18-11-13-27(14-12-18)23(29)32-24(2,3)4/h5-10,15-16,18,26H,11-14H2,1-4H3. The van der Waals surface area contributed by atoms with Gasteiger partial charge in [0.25, 0.3) is 10.0 Å². The van der Waals surface area contributed by atoms with E-state index in [1.807, 2.05) is 45.9 Å². The number of ether oxygens (including phenoxy) is 1. The Kier molecular flexibility index (Phi) is 6.09. The monoisotopic (exact) mass is 470 g/mol. The number of nitrogens with one attached hydrogen (secondary N) is 1. The first kappa shape index (κ1) is 23.1. The Balaban J connectivity index is 1.48. The van der Waals surface area contributed by atoms with E-state index in [1.54, 1.807) is 29.2 Å². The summed E-state index contributed by atoms with van der Waals surface area (Å²) in [7, 11) is -3.75. The van der Waals surface area contributed by atoms with Crippen molar-refractivity contribution in [2.24, 2.45) is 0 Å². The van der Waals surface area contributed by atoms with Crippen molar-refractivity contribution in [3.05, 3.63) is 54.4 Å². The largest absolute Gasteiger partial charge is 0.444 e. The number of likely N-dealkylation sites (tertiary alicyclic amines) is 1. The topological polar surface area (TPSA) is 93.5 Å². The smallest absolute Gasteiger partial charge is 0.410 e. The summed E-state index contributed by atoms with van der Waals surface area (Å²) in [4.78, 5) is 18.5. The molecule has 4 rings (SSSR count). The second-order valence-electron chi connectivity index (χ2n) is 9.45. The Hall–Kier alpha value is -3.07. The second-order valence-corrected chi connectivity index (χ2v) is 11.3. The molecule has 0 spiro atoms. The molecule has 1 amide bonds. The van der Waals surface area contributed by atoms with Crippen LogP contribution in [0.25, 0.3) is 11.0 Å². The third-order valence-corrected chi connectivity index (χ3v) is 7.29. The molecule has 33 heavy (non-hydrogen) atoms. The Bertz CT molecular complexity index is 1250. The number of anilines is 1. The van der Waals surface area contributed by atoms with Crippen molar-refractivity contribution < 1.29 is 17.9 Å². The molecule has 9 heteroatoms. The highest BCUT2D eigenvalue weighted by Crippen LogP contribution is 2.25. The molecule has 1 aliphatic rings. The highest BCUT2D eigenvalue weighted by atomic mass is 32.2. The predicted molar refractivity (Wildman–Crippen MR) is 128 cm³/mol. The third kappa shape index (κ3) is 5.13.